The number of likely N-dealkylation sites (N-methyl/N-ethyl adjacent to an activating group) is 2. The van der Waals surface area contributed by atoms with Crippen LogP contribution in [0.3, 0.4) is 0 Å². The molecule has 2 atom stereocenters. The molecule has 0 radical (unpaired) electrons. The molecular formula is C13H26N2O2. The molecule has 0 heterocycles. The Labute approximate surface area is 105 Å². The summed E-state index contributed by atoms with van der Waals surface area (Å²) < 4.78 is 5.40. The summed E-state index contributed by atoms with van der Waals surface area (Å²) in [6.45, 7) is 5.69. The molecule has 1 fully saturated rings. The highest BCUT2D eigenvalue weighted by Crippen LogP contribution is 2.23. The standard InChI is InChI=1S/C13H26N2O2/c1-13(2,3)17-12(16)15(5)11-9-7-6-8-10(11)14-4/h10-11,14H,6-9H2,1-5H3. The van der Waals surface area contributed by atoms with Gasteiger partial charge in [-0.05, 0) is 40.7 Å². The smallest absolute Gasteiger partial charge is 0.410 e. The van der Waals surface area contributed by atoms with Gasteiger partial charge in [0.25, 0.3) is 0 Å². The van der Waals surface area contributed by atoms with E-state index >= 15 is 0 Å². The molecule has 1 N–H and O–H groups in total. The van der Waals surface area contributed by atoms with Gasteiger partial charge in [-0.15, -0.1) is 0 Å². The SMILES string of the molecule is CNC1CCCCC1N(C)C(=O)OC(C)(C)C. The summed E-state index contributed by atoms with van der Waals surface area (Å²) in [5.74, 6) is 0. The van der Waals surface area contributed by atoms with E-state index in [2.05, 4.69) is 5.32 Å². The van der Waals surface area contributed by atoms with Gasteiger partial charge in [-0.2, -0.15) is 0 Å². The second-order valence-corrected chi connectivity index (χ2v) is 5.84. The van der Waals surface area contributed by atoms with Crippen molar-refractivity contribution >= 4 is 6.09 Å². The molecule has 0 saturated heterocycles. The van der Waals surface area contributed by atoms with E-state index in [-0.39, 0.29) is 12.1 Å². The van der Waals surface area contributed by atoms with Crippen molar-refractivity contribution < 1.29 is 9.53 Å². The van der Waals surface area contributed by atoms with Crippen molar-refractivity contribution in [2.45, 2.75) is 64.1 Å². The molecule has 0 aliphatic heterocycles. The molecule has 0 spiro atoms. The van der Waals surface area contributed by atoms with E-state index in [0.29, 0.717) is 6.04 Å². The van der Waals surface area contributed by atoms with Crippen LogP contribution in [0.25, 0.3) is 0 Å². The molecular weight excluding hydrogens is 216 g/mol. The van der Waals surface area contributed by atoms with Crippen LogP contribution in [-0.4, -0.2) is 42.8 Å². The third kappa shape index (κ3) is 4.19. The maximum absolute atomic E-state index is 12.0. The second kappa shape index (κ2) is 5.71. The maximum Gasteiger partial charge on any atom is 0.410 e. The minimum absolute atomic E-state index is 0.218. The minimum Gasteiger partial charge on any atom is -0.444 e. The Morgan fingerprint density at radius 2 is 1.88 bits per heavy atom. The average molecular weight is 242 g/mol. The molecule has 1 amide bonds. The Hall–Kier alpha value is -0.770. The van der Waals surface area contributed by atoms with Gasteiger partial charge in [0.1, 0.15) is 5.60 Å². The van der Waals surface area contributed by atoms with Gasteiger partial charge >= 0.3 is 6.09 Å². The van der Waals surface area contributed by atoms with Crippen molar-refractivity contribution in [1.29, 1.82) is 0 Å². The Morgan fingerprint density at radius 3 is 2.41 bits per heavy atom. The fourth-order valence-electron chi connectivity index (χ4n) is 2.38. The maximum atomic E-state index is 12.0. The normalized spacial score (nSPS) is 25.5. The zero-order valence-corrected chi connectivity index (χ0v) is 11.7. The summed E-state index contributed by atoms with van der Waals surface area (Å²) in [4.78, 5) is 13.8. The van der Waals surface area contributed by atoms with E-state index in [1.165, 1.54) is 12.8 Å². The predicted molar refractivity (Wildman–Crippen MR) is 69.1 cm³/mol. The van der Waals surface area contributed by atoms with E-state index < -0.39 is 5.60 Å². The van der Waals surface area contributed by atoms with E-state index in [1.807, 2.05) is 34.9 Å². The largest absolute Gasteiger partial charge is 0.444 e. The molecule has 1 aliphatic rings. The number of nitrogens with zero attached hydrogens (tertiary/aromatic N) is 1. The van der Waals surface area contributed by atoms with Gasteiger partial charge < -0.3 is 15.0 Å². The van der Waals surface area contributed by atoms with Crippen LogP contribution in [0, 0.1) is 0 Å². The highest BCUT2D eigenvalue weighted by atomic mass is 16.6. The second-order valence-electron chi connectivity index (χ2n) is 5.84. The lowest BCUT2D eigenvalue weighted by Gasteiger charge is -2.38. The van der Waals surface area contributed by atoms with Crippen LogP contribution in [-0.2, 0) is 4.74 Å². The number of hydrogen-bond donors (Lipinski definition) is 1. The molecule has 1 saturated carbocycles. The topological polar surface area (TPSA) is 41.6 Å². The molecule has 2 unspecified atom stereocenters. The fraction of sp³-hybridized carbons (Fsp3) is 0.923. The Morgan fingerprint density at radius 1 is 1.29 bits per heavy atom. The number of ether oxygens (including phenoxy) is 1. The van der Waals surface area contributed by atoms with Gasteiger partial charge in [0.05, 0.1) is 0 Å². The third-order valence-electron chi connectivity index (χ3n) is 3.28. The number of carbonyl (C=O) groups is 1. The Balaban J connectivity index is 2.60. The summed E-state index contributed by atoms with van der Waals surface area (Å²) in [5, 5.41) is 3.30. The summed E-state index contributed by atoms with van der Waals surface area (Å²) in [6.07, 6.45) is 4.40. The van der Waals surface area contributed by atoms with Crippen molar-refractivity contribution in [3.63, 3.8) is 0 Å². The number of nitrogens with one attached hydrogen (secondary N) is 1. The van der Waals surface area contributed by atoms with Gasteiger partial charge in [0, 0.05) is 19.1 Å². The first kappa shape index (κ1) is 14.3. The lowest BCUT2D eigenvalue weighted by atomic mass is 9.89. The average Bonchev–Trinajstić information content (AvgIpc) is 2.25. The summed E-state index contributed by atoms with van der Waals surface area (Å²) in [7, 11) is 3.81. The molecule has 0 aromatic carbocycles. The van der Waals surface area contributed by atoms with Crippen molar-refractivity contribution in [3.8, 4) is 0 Å². The van der Waals surface area contributed by atoms with Crippen LogP contribution in [0.2, 0.25) is 0 Å². The predicted octanol–water partition coefficient (Wildman–Crippen LogP) is 2.38. The zero-order chi connectivity index (χ0) is 13.1. The van der Waals surface area contributed by atoms with Crippen LogP contribution >= 0.6 is 0 Å². The molecule has 1 rings (SSSR count). The lowest BCUT2D eigenvalue weighted by Crippen LogP contribution is -2.52. The van der Waals surface area contributed by atoms with Gasteiger partial charge in [0.2, 0.25) is 0 Å². The molecule has 4 nitrogen and oxygen atoms in total. The molecule has 17 heavy (non-hydrogen) atoms. The Kier molecular flexibility index (Phi) is 4.80. The Bertz CT molecular complexity index is 261. The quantitative estimate of drug-likeness (QED) is 0.808. The molecule has 100 valence electrons. The summed E-state index contributed by atoms with van der Waals surface area (Å²) in [5.41, 5.74) is -0.421. The van der Waals surface area contributed by atoms with Crippen molar-refractivity contribution in [1.82, 2.24) is 10.2 Å². The van der Waals surface area contributed by atoms with Crippen molar-refractivity contribution in [2.75, 3.05) is 14.1 Å². The number of amides is 1. The fourth-order valence-corrected chi connectivity index (χ4v) is 2.38. The number of carbonyl (C=O) groups excluding carboxylic acids is 1. The van der Waals surface area contributed by atoms with Crippen LogP contribution in [0.1, 0.15) is 46.5 Å². The van der Waals surface area contributed by atoms with Gasteiger partial charge in [-0.25, -0.2) is 4.79 Å². The molecule has 1 aliphatic carbocycles. The number of hydrogen-bond acceptors (Lipinski definition) is 3. The molecule has 0 aromatic rings. The van der Waals surface area contributed by atoms with E-state index in [1.54, 1.807) is 4.90 Å². The first-order valence-electron chi connectivity index (χ1n) is 6.48. The minimum atomic E-state index is -0.421. The highest BCUT2D eigenvalue weighted by molar-refractivity contribution is 5.68. The van der Waals surface area contributed by atoms with Gasteiger partial charge in [-0.1, -0.05) is 12.8 Å². The molecule has 0 aromatic heterocycles. The van der Waals surface area contributed by atoms with Crippen LogP contribution < -0.4 is 5.32 Å². The lowest BCUT2D eigenvalue weighted by molar-refractivity contribution is 0.0152. The van der Waals surface area contributed by atoms with Crippen LogP contribution in [0.4, 0.5) is 4.79 Å². The monoisotopic (exact) mass is 242 g/mol. The van der Waals surface area contributed by atoms with Gasteiger partial charge in [0.15, 0.2) is 0 Å². The molecule has 4 heteroatoms. The summed E-state index contributed by atoms with van der Waals surface area (Å²) in [6, 6.07) is 0.643. The first-order valence-corrected chi connectivity index (χ1v) is 6.48. The first-order chi connectivity index (χ1) is 7.85. The summed E-state index contributed by atoms with van der Waals surface area (Å²) >= 11 is 0. The van der Waals surface area contributed by atoms with Crippen LogP contribution in [0.5, 0.6) is 0 Å². The number of rotatable bonds is 2. The van der Waals surface area contributed by atoms with Gasteiger partial charge in [-0.3, -0.25) is 0 Å². The van der Waals surface area contributed by atoms with Crippen molar-refractivity contribution in [3.05, 3.63) is 0 Å². The molecule has 0 bridgehead atoms. The zero-order valence-electron chi connectivity index (χ0n) is 11.7. The van der Waals surface area contributed by atoms with E-state index in [4.69, 9.17) is 4.74 Å². The van der Waals surface area contributed by atoms with Crippen LogP contribution in [0.15, 0.2) is 0 Å². The van der Waals surface area contributed by atoms with Crippen molar-refractivity contribution in [2.24, 2.45) is 0 Å². The van der Waals surface area contributed by atoms with E-state index in [9.17, 15) is 4.79 Å². The van der Waals surface area contributed by atoms with E-state index in [0.717, 1.165) is 12.8 Å². The third-order valence-corrected chi connectivity index (χ3v) is 3.28. The highest BCUT2D eigenvalue weighted by Gasteiger charge is 2.31.